The van der Waals surface area contributed by atoms with Gasteiger partial charge in [0.1, 0.15) is 0 Å². The quantitative estimate of drug-likeness (QED) is 0.537. The largest absolute Gasteiger partial charge is 0.376 e. The van der Waals surface area contributed by atoms with Crippen molar-refractivity contribution in [2.45, 2.75) is 39.7 Å². The average Bonchev–Trinajstić information content (AvgIpc) is 3.52. The number of rotatable bonds is 8. The van der Waals surface area contributed by atoms with Crippen molar-refractivity contribution in [3.63, 3.8) is 0 Å². The van der Waals surface area contributed by atoms with Gasteiger partial charge in [0.05, 0.1) is 17.8 Å². The standard InChI is InChI=1S/C23H28N4O3/c1-14(2)22(29)26-17-9-8-15(3)20(12-17)24-13-21(28)27-19-7-5-4-6-18(19)23(30)25-16-10-11-16/h4-9,12,14,16,24H,10-11,13H2,1-3H3,(H,25,30)(H,26,29)(H,27,28). The van der Waals surface area contributed by atoms with Crippen molar-refractivity contribution < 1.29 is 14.4 Å². The molecule has 4 N–H and O–H groups in total. The minimum atomic E-state index is -0.266. The van der Waals surface area contributed by atoms with Crippen molar-refractivity contribution in [3.8, 4) is 0 Å². The van der Waals surface area contributed by atoms with Crippen LogP contribution in [0.1, 0.15) is 42.6 Å². The predicted octanol–water partition coefficient (Wildman–Crippen LogP) is 3.53. The number of anilines is 3. The molecule has 0 aliphatic heterocycles. The lowest BCUT2D eigenvalue weighted by molar-refractivity contribution is -0.119. The SMILES string of the molecule is Cc1ccc(NC(=O)C(C)C)cc1NCC(=O)Nc1ccccc1C(=O)NC1CC1. The summed E-state index contributed by atoms with van der Waals surface area (Å²) >= 11 is 0. The van der Waals surface area contributed by atoms with Crippen LogP contribution < -0.4 is 21.3 Å². The molecule has 7 heteroatoms. The van der Waals surface area contributed by atoms with Crippen LogP contribution in [0.5, 0.6) is 0 Å². The van der Waals surface area contributed by atoms with Gasteiger partial charge in [0.15, 0.2) is 0 Å². The van der Waals surface area contributed by atoms with Crippen molar-refractivity contribution in [3.05, 3.63) is 53.6 Å². The number of carbonyl (C=O) groups excluding carboxylic acids is 3. The second kappa shape index (κ2) is 9.43. The van der Waals surface area contributed by atoms with Crippen molar-refractivity contribution >= 4 is 34.8 Å². The summed E-state index contributed by atoms with van der Waals surface area (Å²) in [5.74, 6) is -0.627. The minimum Gasteiger partial charge on any atom is -0.376 e. The molecule has 0 unspecified atom stereocenters. The molecule has 0 heterocycles. The van der Waals surface area contributed by atoms with E-state index in [1.165, 1.54) is 0 Å². The van der Waals surface area contributed by atoms with Crippen molar-refractivity contribution in [1.82, 2.24) is 5.32 Å². The van der Waals surface area contributed by atoms with Gasteiger partial charge in [0.2, 0.25) is 11.8 Å². The van der Waals surface area contributed by atoms with Crippen LogP contribution in [0.2, 0.25) is 0 Å². The topological polar surface area (TPSA) is 99.3 Å². The zero-order chi connectivity index (χ0) is 21.7. The maximum atomic E-state index is 12.5. The van der Waals surface area contributed by atoms with Gasteiger partial charge >= 0.3 is 0 Å². The Bertz CT molecular complexity index is 951. The van der Waals surface area contributed by atoms with Crippen LogP contribution in [0.3, 0.4) is 0 Å². The highest BCUT2D eigenvalue weighted by atomic mass is 16.2. The highest BCUT2D eigenvalue weighted by Crippen LogP contribution is 2.22. The van der Waals surface area contributed by atoms with Gasteiger partial charge in [-0.15, -0.1) is 0 Å². The molecule has 2 aromatic rings. The zero-order valence-electron chi connectivity index (χ0n) is 17.5. The number of carbonyl (C=O) groups is 3. The normalized spacial score (nSPS) is 12.9. The second-order valence-electron chi connectivity index (χ2n) is 7.87. The smallest absolute Gasteiger partial charge is 0.253 e. The first-order valence-corrected chi connectivity index (χ1v) is 10.2. The van der Waals surface area contributed by atoms with Crippen LogP contribution in [0.4, 0.5) is 17.1 Å². The van der Waals surface area contributed by atoms with Crippen LogP contribution >= 0.6 is 0 Å². The van der Waals surface area contributed by atoms with Gasteiger partial charge < -0.3 is 21.3 Å². The lowest BCUT2D eigenvalue weighted by Crippen LogP contribution is -2.28. The monoisotopic (exact) mass is 408 g/mol. The second-order valence-corrected chi connectivity index (χ2v) is 7.87. The molecule has 2 aromatic carbocycles. The summed E-state index contributed by atoms with van der Waals surface area (Å²) in [4.78, 5) is 36.8. The van der Waals surface area contributed by atoms with E-state index < -0.39 is 0 Å². The van der Waals surface area contributed by atoms with E-state index in [0.29, 0.717) is 16.9 Å². The fraction of sp³-hybridized carbons (Fsp3) is 0.348. The van der Waals surface area contributed by atoms with Gasteiger partial charge in [0, 0.05) is 23.3 Å². The zero-order valence-corrected chi connectivity index (χ0v) is 17.5. The first-order valence-electron chi connectivity index (χ1n) is 10.2. The predicted molar refractivity (Wildman–Crippen MR) is 119 cm³/mol. The number of amides is 3. The number of para-hydroxylation sites is 1. The highest BCUT2D eigenvalue weighted by molar-refractivity contribution is 6.04. The van der Waals surface area contributed by atoms with Gasteiger partial charge in [0.25, 0.3) is 5.91 Å². The van der Waals surface area contributed by atoms with E-state index in [-0.39, 0.29) is 36.2 Å². The van der Waals surface area contributed by atoms with Crippen molar-refractivity contribution in [1.29, 1.82) is 0 Å². The summed E-state index contributed by atoms with van der Waals surface area (Å²) in [6.07, 6.45) is 2.00. The van der Waals surface area contributed by atoms with Crippen molar-refractivity contribution in [2.24, 2.45) is 5.92 Å². The van der Waals surface area contributed by atoms with E-state index in [1.807, 2.05) is 32.9 Å². The van der Waals surface area contributed by atoms with E-state index in [0.717, 1.165) is 24.1 Å². The fourth-order valence-corrected chi connectivity index (χ4v) is 2.83. The molecule has 0 aromatic heterocycles. The Hall–Kier alpha value is -3.35. The lowest BCUT2D eigenvalue weighted by atomic mass is 10.1. The van der Waals surface area contributed by atoms with Crippen LogP contribution in [0.25, 0.3) is 0 Å². The Balaban J connectivity index is 1.61. The molecule has 0 saturated heterocycles. The first-order chi connectivity index (χ1) is 14.3. The van der Waals surface area contributed by atoms with E-state index in [9.17, 15) is 14.4 Å². The number of hydrogen-bond acceptors (Lipinski definition) is 4. The van der Waals surface area contributed by atoms with E-state index in [4.69, 9.17) is 0 Å². The maximum Gasteiger partial charge on any atom is 0.253 e. The molecule has 7 nitrogen and oxygen atoms in total. The summed E-state index contributed by atoms with van der Waals surface area (Å²) in [5.41, 5.74) is 3.31. The molecule has 3 rings (SSSR count). The Labute approximate surface area is 176 Å². The molecule has 0 atom stereocenters. The highest BCUT2D eigenvalue weighted by Gasteiger charge is 2.25. The fourth-order valence-electron chi connectivity index (χ4n) is 2.83. The van der Waals surface area contributed by atoms with Gasteiger partial charge in [-0.05, 0) is 49.6 Å². The van der Waals surface area contributed by atoms with Crippen LogP contribution in [0.15, 0.2) is 42.5 Å². The Morgan fingerprint density at radius 3 is 2.43 bits per heavy atom. The molecule has 158 valence electrons. The van der Waals surface area contributed by atoms with E-state index in [1.54, 1.807) is 30.3 Å². The van der Waals surface area contributed by atoms with E-state index in [2.05, 4.69) is 21.3 Å². The van der Waals surface area contributed by atoms with E-state index >= 15 is 0 Å². The summed E-state index contributed by atoms with van der Waals surface area (Å²) in [6.45, 7) is 5.61. The average molecular weight is 409 g/mol. The van der Waals surface area contributed by atoms with Crippen LogP contribution in [-0.4, -0.2) is 30.3 Å². The summed E-state index contributed by atoms with van der Waals surface area (Å²) in [7, 11) is 0. The van der Waals surface area contributed by atoms with Gasteiger partial charge in [-0.3, -0.25) is 14.4 Å². The van der Waals surface area contributed by atoms with Gasteiger partial charge in [-0.1, -0.05) is 32.0 Å². The summed E-state index contributed by atoms with van der Waals surface area (Å²) in [6, 6.07) is 12.7. The molecular weight excluding hydrogens is 380 g/mol. The Morgan fingerprint density at radius 2 is 1.73 bits per heavy atom. The molecule has 1 fully saturated rings. The van der Waals surface area contributed by atoms with Crippen molar-refractivity contribution in [2.75, 3.05) is 22.5 Å². The van der Waals surface area contributed by atoms with Crippen LogP contribution in [0, 0.1) is 12.8 Å². The Kier molecular flexibility index (Phi) is 6.72. The molecule has 0 bridgehead atoms. The molecule has 1 aliphatic rings. The lowest BCUT2D eigenvalue weighted by Gasteiger charge is -2.14. The number of nitrogens with one attached hydrogen (secondary N) is 4. The minimum absolute atomic E-state index is 0.0288. The van der Waals surface area contributed by atoms with Crippen LogP contribution in [-0.2, 0) is 9.59 Å². The summed E-state index contributed by atoms with van der Waals surface area (Å²) in [5, 5.41) is 11.7. The molecule has 3 amide bonds. The molecule has 0 spiro atoms. The molecule has 30 heavy (non-hydrogen) atoms. The Morgan fingerprint density at radius 1 is 1.00 bits per heavy atom. The number of hydrogen-bond donors (Lipinski definition) is 4. The molecule has 0 radical (unpaired) electrons. The van der Waals surface area contributed by atoms with Gasteiger partial charge in [-0.25, -0.2) is 0 Å². The molecular formula is C23H28N4O3. The molecule has 1 saturated carbocycles. The third kappa shape index (κ3) is 5.83. The third-order valence-corrected chi connectivity index (χ3v) is 4.83. The molecule has 1 aliphatic carbocycles. The number of aryl methyl sites for hydroxylation is 1. The summed E-state index contributed by atoms with van der Waals surface area (Å²) < 4.78 is 0. The third-order valence-electron chi connectivity index (χ3n) is 4.83. The van der Waals surface area contributed by atoms with Gasteiger partial charge in [-0.2, -0.15) is 0 Å². The maximum absolute atomic E-state index is 12.5. The number of benzene rings is 2. The first kappa shape index (κ1) is 21.4.